The SMILES string of the molecule is COCC(NS(=O)(=O)c1cccc(S(=O)(=O)F)c1)C(C)C. The van der Waals surface area contributed by atoms with E-state index in [1.54, 1.807) is 0 Å². The number of rotatable bonds is 7. The molecule has 0 spiro atoms. The molecule has 120 valence electrons. The third kappa shape index (κ3) is 5.03. The molecule has 0 radical (unpaired) electrons. The van der Waals surface area contributed by atoms with Crippen LogP contribution >= 0.6 is 0 Å². The summed E-state index contributed by atoms with van der Waals surface area (Å²) in [4.78, 5) is -1.01. The Labute approximate surface area is 124 Å². The van der Waals surface area contributed by atoms with Crippen molar-refractivity contribution in [2.45, 2.75) is 29.7 Å². The Morgan fingerprint density at radius 2 is 1.76 bits per heavy atom. The van der Waals surface area contributed by atoms with E-state index in [-0.39, 0.29) is 17.4 Å². The summed E-state index contributed by atoms with van der Waals surface area (Å²) in [7, 11) is -7.48. The molecule has 1 atom stereocenters. The van der Waals surface area contributed by atoms with Gasteiger partial charge in [0.1, 0.15) is 0 Å². The Hall–Kier alpha value is -1.03. The van der Waals surface area contributed by atoms with Crippen LogP contribution in [-0.4, -0.2) is 36.6 Å². The molecule has 0 aromatic heterocycles. The summed E-state index contributed by atoms with van der Waals surface area (Å²) in [5.41, 5.74) is 0. The summed E-state index contributed by atoms with van der Waals surface area (Å²) in [5, 5.41) is 0. The average molecular weight is 339 g/mol. The van der Waals surface area contributed by atoms with Gasteiger partial charge in [-0.15, -0.1) is 3.89 Å². The van der Waals surface area contributed by atoms with Crippen LogP contribution in [-0.2, 0) is 25.0 Å². The maximum absolute atomic E-state index is 12.9. The number of benzene rings is 1. The van der Waals surface area contributed by atoms with Crippen molar-refractivity contribution >= 4 is 20.2 Å². The van der Waals surface area contributed by atoms with Crippen molar-refractivity contribution in [2.24, 2.45) is 5.92 Å². The second-order valence-corrected chi connectivity index (χ2v) is 7.90. The lowest BCUT2D eigenvalue weighted by Crippen LogP contribution is -2.41. The van der Waals surface area contributed by atoms with Crippen LogP contribution in [0.5, 0.6) is 0 Å². The van der Waals surface area contributed by atoms with Crippen molar-refractivity contribution in [1.29, 1.82) is 0 Å². The number of ether oxygens (including phenoxy) is 1. The highest BCUT2D eigenvalue weighted by molar-refractivity contribution is 7.89. The Bertz CT molecular complexity index is 685. The maximum atomic E-state index is 12.9. The van der Waals surface area contributed by atoms with Crippen molar-refractivity contribution in [2.75, 3.05) is 13.7 Å². The van der Waals surface area contributed by atoms with Crippen LogP contribution in [0.1, 0.15) is 13.8 Å². The highest BCUT2D eigenvalue weighted by Gasteiger charge is 2.24. The van der Waals surface area contributed by atoms with E-state index in [1.807, 2.05) is 13.8 Å². The van der Waals surface area contributed by atoms with Crippen LogP contribution in [0.3, 0.4) is 0 Å². The fraction of sp³-hybridized carbons (Fsp3) is 0.500. The molecule has 0 aliphatic carbocycles. The van der Waals surface area contributed by atoms with Crippen LogP contribution in [0.15, 0.2) is 34.1 Å². The quantitative estimate of drug-likeness (QED) is 0.756. The molecule has 0 fully saturated rings. The first kappa shape index (κ1) is 18.0. The first-order valence-electron chi connectivity index (χ1n) is 6.14. The second kappa shape index (κ2) is 6.82. The summed E-state index contributed by atoms with van der Waals surface area (Å²) in [5.74, 6) is -0.0344. The minimum Gasteiger partial charge on any atom is -0.383 e. The molecule has 21 heavy (non-hydrogen) atoms. The van der Waals surface area contributed by atoms with Crippen molar-refractivity contribution < 1.29 is 25.5 Å². The van der Waals surface area contributed by atoms with Crippen LogP contribution in [0.2, 0.25) is 0 Å². The van der Waals surface area contributed by atoms with E-state index in [9.17, 15) is 20.7 Å². The lowest BCUT2D eigenvalue weighted by atomic mass is 10.1. The van der Waals surface area contributed by atoms with E-state index in [0.717, 1.165) is 12.1 Å². The summed E-state index contributed by atoms with van der Waals surface area (Å²) >= 11 is 0. The van der Waals surface area contributed by atoms with Crippen molar-refractivity contribution in [1.82, 2.24) is 4.72 Å². The zero-order chi connectivity index (χ0) is 16.3. The predicted octanol–water partition coefficient (Wildman–Crippen LogP) is 1.29. The molecule has 1 unspecified atom stereocenters. The fourth-order valence-corrected chi connectivity index (χ4v) is 3.60. The van der Waals surface area contributed by atoms with Gasteiger partial charge in [-0.1, -0.05) is 19.9 Å². The highest BCUT2D eigenvalue weighted by Crippen LogP contribution is 2.18. The normalized spacial score (nSPS) is 14.3. The maximum Gasteiger partial charge on any atom is 0.332 e. The second-order valence-electron chi connectivity index (χ2n) is 4.84. The van der Waals surface area contributed by atoms with Gasteiger partial charge in [0, 0.05) is 13.2 Å². The zero-order valence-electron chi connectivity index (χ0n) is 11.9. The molecule has 1 aromatic carbocycles. The largest absolute Gasteiger partial charge is 0.383 e. The number of hydrogen-bond acceptors (Lipinski definition) is 5. The lowest BCUT2D eigenvalue weighted by molar-refractivity contribution is 0.157. The van der Waals surface area contributed by atoms with Crippen LogP contribution in [0, 0.1) is 5.92 Å². The van der Waals surface area contributed by atoms with E-state index in [0.29, 0.717) is 0 Å². The van der Waals surface area contributed by atoms with Crippen molar-refractivity contribution in [3.8, 4) is 0 Å². The van der Waals surface area contributed by atoms with Gasteiger partial charge in [0.05, 0.1) is 16.4 Å². The van der Waals surface area contributed by atoms with Gasteiger partial charge in [-0.2, -0.15) is 8.42 Å². The van der Waals surface area contributed by atoms with Crippen molar-refractivity contribution in [3.05, 3.63) is 24.3 Å². The molecule has 0 amide bonds. The average Bonchev–Trinajstić information content (AvgIpc) is 2.37. The topological polar surface area (TPSA) is 89.5 Å². The van der Waals surface area contributed by atoms with Gasteiger partial charge >= 0.3 is 10.2 Å². The van der Waals surface area contributed by atoms with Gasteiger partial charge in [0.2, 0.25) is 10.0 Å². The lowest BCUT2D eigenvalue weighted by Gasteiger charge is -2.21. The van der Waals surface area contributed by atoms with Gasteiger partial charge < -0.3 is 4.74 Å². The molecule has 0 bridgehead atoms. The predicted molar refractivity (Wildman–Crippen MR) is 75.6 cm³/mol. The summed E-state index contributed by atoms with van der Waals surface area (Å²) < 4.78 is 66.4. The first-order chi connectivity index (χ1) is 9.58. The molecule has 1 rings (SSSR count). The molecular weight excluding hydrogens is 321 g/mol. The summed E-state index contributed by atoms with van der Waals surface area (Å²) in [6.45, 7) is 3.79. The smallest absolute Gasteiger partial charge is 0.332 e. The summed E-state index contributed by atoms with van der Waals surface area (Å²) in [6, 6.07) is 3.65. The van der Waals surface area contributed by atoms with Gasteiger partial charge in [-0.25, -0.2) is 13.1 Å². The number of sulfonamides is 1. The zero-order valence-corrected chi connectivity index (χ0v) is 13.5. The Balaban J connectivity index is 3.14. The molecule has 0 saturated carbocycles. The van der Waals surface area contributed by atoms with E-state index in [4.69, 9.17) is 4.74 Å². The van der Waals surface area contributed by atoms with Crippen molar-refractivity contribution in [3.63, 3.8) is 0 Å². The monoisotopic (exact) mass is 339 g/mol. The Morgan fingerprint density at radius 3 is 2.24 bits per heavy atom. The van der Waals surface area contributed by atoms with Gasteiger partial charge in [-0.05, 0) is 24.1 Å². The number of methoxy groups -OCH3 is 1. The van der Waals surface area contributed by atoms with Gasteiger partial charge in [0.15, 0.2) is 0 Å². The minimum absolute atomic E-state index is 0.0344. The number of halogens is 1. The Kier molecular flexibility index (Phi) is 5.85. The molecule has 6 nitrogen and oxygen atoms in total. The molecular formula is C12H18FNO5S2. The van der Waals surface area contributed by atoms with Crippen LogP contribution in [0.4, 0.5) is 3.89 Å². The van der Waals surface area contributed by atoms with E-state index < -0.39 is 31.2 Å². The molecule has 1 aromatic rings. The molecule has 0 heterocycles. The molecule has 1 N–H and O–H groups in total. The third-order valence-electron chi connectivity index (χ3n) is 2.85. The van der Waals surface area contributed by atoms with Crippen LogP contribution < -0.4 is 4.72 Å². The number of hydrogen-bond donors (Lipinski definition) is 1. The minimum atomic E-state index is -4.96. The van der Waals surface area contributed by atoms with Crippen LogP contribution in [0.25, 0.3) is 0 Å². The molecule has 0 aliphatic rings. The first-order valence-corrected chi connectivity index (χ1v) is 9.00. The molecule has 0 aliphatic heterocycles. The Morgan fingerprint density at radius 1 is 1.19 bits per heavy atom. The number of nitrogens with one attached hydrogen (secondary N) is 1. The van der Waals surface area contributed by atoms with Gasteiger partial charge in [0.25, 0.3) is 0 Å². The fourth-order valence-electron chi connectivity index (χ4n) is 1.60. The molecule has 0 saturated heterocycles. The van der Waals surface area contributed by atoms with Gasteiger partial charge in [-0.3, -0.25) is 0 Å². The third-order valence-corrected chi connectivity index (χ3v) is 5.16. The standard InChI is InChI=1S/C12H18FNO5S2/c1-9(2)12(8-19-3)14-21(17,18)11-6-4-5-10(7-11)20(13,15)16/h4-7,9,12,14H,8H2,1-3H3. The van der Waals surface area contributed by atoms with E-state index >= 15 is 0 Å². The molecule has 9 heteroatoms. The summed E-state index contributed by atoms with van der Waals surface area (Å²) in [6.07, 6.45) is 0. The highest BCUT2D eigenvalue weighted by atomic mass is 32.3. The van der Waals surface area contributed by atoms with E-state index in [2.05, 4.69) is 4.72 Å². The van der Waals surface area contributed by atoms with E-state index in [1.165, 1.54) is 19.2 Å².